The quantitative estimate of drug-likeness (QED) is 0.617. The molecule has 0 fully saturated rings. The van der Waals surface area contributed by atoms with Crippen molar-refractivity contribution >= 4 is 0 Å². The van der Waals surface area contributed by atoms with Crippen molar-refractivity contribution in [3.8, 4) is 5.75 Å². The average Bonchev–Trinajstić information content (AvgIpc) is 2.62. The molecule has 1 heterocycles. The second kappa shape index (κ2) is 5.69. The monoisotopic (exact) mass is 286 g/mol. The Hall–Kier alpha value is -2.54. The topological polar surface area (TPSA) is 9.23 Å². The minimum atomic E-state index is 0.112. The Balaban J connectivity index is 1.77. The maximum absolute atomic E-state index is 6.27. The normalized spacial score (nSPS) is 20.0. The maximum atomic E-state index is 6.27. The molecule has 108 valence electrons. The summed E-state index contributed by atoms with van der Waals surface area (Å²) < 4.78 is 6.27. The van der Waals surface area contributed by atoms with Crippen LogP contribution in [-0.4, -0.2) is 0 Å². The highest BCUT2D eigenvalue weighted by Gasteiger charge is 2.29. The molecular weight excluding hydrogens is 268 g/mol. The van der Waals surface area contributed by atoms with Crippen LogP contribution in [0.5, 0.6) is 5.75 Å². The molecule has 22 heavy (non-hydrogen) atoms. The number of hydrogen-bond acceptors (Lipinski definition) is 1. The fourth-order valence-corrected chi connectivity index (χ4v) is 3.29. The maximum Gasteiger partial charge on any atom is 0.125 e. The van der Waals surface area contributed by atoms with Crippen molar-refractivity contribution in [2.24, 2.45) is 0 Å². The van der Waals surface area contributed by atoms with E-state index in [0.29, 0.717) is 5.92 Å². The molecular formula is C21H18O. The lowest BCUT2D eigenvalue weighted by molar-refractivity contribution is 0.167. The molecule has 0 saturated heterocycles. The lowest BCUT2D eigenvalue weighted by Crippen LogP contribution is -2.19. The van der Waals surface area contributed by atoms with Crippen LogP contribution < -0.4 is 4.74 Å². The molecule has 3 aromatic carbocycles. The summed E-state index contributed by atoms with van der Waals surface area (Å²) in [6.07, 6.45) is 1.09. The Morgan fingerprint density at radius 2 is 1.23 bits per heavy atom. The van der Waals surface area contributed by atoms with Crippen LogP contribution in [-0.2, 0) is 0 Å². The van der Waals surface area contributed by atoms with Crippen LogP contribution in [0.4, 0.5) is 0 Å². The van der Waals surface area contributed by atoms with Crippen molar-refractivity contribution < 1.29 is 4.74 Å². The van der Waals surface area contributed by atoms with Crippen molar-refractivity contribution in [2.75, 3.05) is 0 Å². The van der Waals surface area contributed by atoms with E-state index in [9.17, 15) is 0 Å². The zero-order chi connectivity index (χ0) is 14.8. The number of benzene rings is 3. The van der Waals surface area contributed by atoms with Gasteiger partial charge < -0.3 is 4.74 Å². The number of fused-ring (bicyclic) bond motifs is 1. The molecule has 1 heteroatoms. The summed E-state index contributed by atoms with van der Waals surface area (Å²) >= 11 is 0. The van der Waals surface area contributed by atoms with Gasteiger partial charge in [-0.3, -0.25) is 0 Å². The van der Waals surface area contributed by atoms with Crippen LogP contribution in [0.25, 0.3) is 0 Å². The van der Waals surface area contributed by atoms with E-state index >= 15 is 0 Å². The van der Waals surface area contributed by atoms with E-state index in [1.807, 2.05) is 6.07 Å². The molecule has 1 aliphatic heterocycles. The Bertz CT molecular complexity index is 749. The fourth-order valence-electron chi connectivity index (χ4n) is 3.29. The van der Waals surface area contributed by atoms with Crippen LogP contribution in [0.3, 0.4) is 0 Å². The largest absolute Gasteiger partial charge is 0.485 e. The Morgan fingerprint density at radius 1 is 0.636 bits per heavy atom. The summed E-state index contributed by atoms with van der Waals surface area (Å²) in [5, 5.41) is 0. The minimum absolute atomic E-state index is 0.112. The van der Waals surface area contributed by atoms with Gasteiger partial charge in [-0.25, -0.2) is 0 Å². The van der Waals surface area contributed by atoms with E-state index < -0.39 is 0 Å². The Kier molecular flexibility index (Phi) is 3.40. The van der Waals surface area contributed by atoms with Gasteiger partial charge in [0.25, 0.3) is 0 Å². The molecule has 0 aromatic heterocycles. The van der Waals surface area contributed by atoms with Crippen LogP contribution in [0.2, 0.25) is 0 Å². The molecule has 1 nitrogen and oxygen atoms in total. The number of rotatable bonds is 2. The highest BCUT2D eigenvalue weighted by molar-refractivity contribution is 5.44. The van der Waals surface area contributed by atoms with Crippen molar-refractivity contribution in [2.45, 2.75) is 18.4 Å². The highest BCUT2D eigenvalue weighted by atomic mass is 16.5. The zero-order valence-electron chi connectivity index (χ0n) is 12.4. The predicted molar refractivity (Wildman–Crippen MR) is 89.2 cm³/mol. The van der Waals surface area contributed by atoms with E-state index in [-0.39, 0.29) is 6.10 Å². The molecule has 0 aliphatic carbocycles. The van der Waals surface area contributed by atoms with Gasteiger partial charge in [0, 0.05) is 11.5 Å². The predicted octanol–water partition coefficient (Wildman–Crippen LogP) is 5.34. The lowest BCUT2D eigenvalue weighted by atomic mass is 9.83. The fraction of sp³-hybridized carbons (Fsp3) is 0.143. The molecule has 0 bridgehead atoms. The summed E-state index contributed by atoms with van der Waals surface area (Å²) in [5.74, 6) is 1.40. The smallest absolute Gasteiger partial charge is 0.125 e. The van der Waals surface area contributed by atoms with Gasteiger partial charge in [-0.2, -0.15) is 0 Å². The summed E-state index contributed by atoms with van der Waals surface area (Å²) in [7, 11) is 0. The second-order valence-electron chi connectivity index (χ2n) is 5.75. The van der Waals surface area contributed by atoms with Gasteiger partial charge >= 0.3 is 0 Å². The van der Waals surface area contributed by atoms with Gasteiger partial charge in [0.05, 0.1) is 0 Å². The van der Waals surface area contributed by atoms with E-state index in [1.54, 1.807) is 0 Å². The molecule has 4 rings (SSSR count). The Labute approximate surface area is 131 Å². The van der Waals surface area contributed by atoms with Gasteiger partial charge in [-0.1, -0.05) is 78.9 Å². The number of hydrogen-bond donors (Lipinski definition) is 0. The van der Waals surface area contributed by atoms with Gasteiger partial charge in [-0.05, 0) is 23.6 Å². The van der Waals surface area contributed by atoms with E-state index in [4.69, 9.17) is 4.74 Å². The van der Waals surface area contributed by atoms with Gasteiger partial charge in [0.2, 0.25) is 0 Å². The van der Waals surface area contributed by atoms with Crippen LogP contribution in [0, 0.1) is 0 Å². The summed E-state index contributed by atoms with van der Waals surface area (Å²) in [6.45, 7) is 0. The van der Waals surface area contributed by atoms with E-state index in [1.165, 1.54) is 16.7 Å². The lowest BCUT2D eigenvalue weighted by Gasteiger charge is -2.33. The first-order valence-corrected chi connectivity index (χ1v) is 7.77. The molecule has 0 N–H and O–H groups in total. The first-order chi connectivity index (χ1) is 10.9. The standard InChI is InChI=1S/C21H18O/c1-3-9-16(10-4-1)19-15-21(17-11-5-2-6-12-17)22-20-14-8-7-13-18(19)20/h1-14,19,21H,15H2/t19-,21+/m0/s1. The second-order valence-corrected chi connectivity index (χ2v) is 5.75. The summed E-state index contributed by atoms with van der Waals surface area (Å²) in [6, 6.07) is 29.7. The third-order valence-corrected chi connectivity index (χ3v) is 4.39. The highest BCUT2D eigenvalue weighted by Crippen LogP contribution is 2.44. The first kappa shape index (κ1) is 13.1. The first-order valence-electron chi connectivity index (χ1n) is 7.77. The van der Waals surface area contributed by atoms with Crippen LogP contribution in [0.1, 0.15) is 35.1 Å². The van der Waals surface area contributed by atoms with Crippen molar-refractivity contribution in [3.05, 3.63) is 102 Å². The van der Waals surface area contributed by atoms with Crippen molar-refractivity contribution in [1.82, 2.24) is 0 Å². The third kappa shape index (κ3) is 2.39. The molecule has 0 unspecified atom stereocenters. The van der Waals surface area contributed by atoms with Crippen LogP contribution >= 0.6 is 0 Å². The SMILES string of the molecule is c1ccc([C@@H]2C[C@H](c3ccccc3)Oc3ccccc32)cc1. The number of para-hydroxylation sites is 1. The minimum Gasteiger partial charge on any atom is -0.485 e. The van der Waals surface area contributed by atoms with Crippen molar-refractivity contribution in [3.63, 3.8) is 0 Å². The third-order valence-electron chi connectivity index (χ3n) is 4.39. The molecule has 0 amide bonds. The molecule has 0 radical (unpaired) electrons. The molecule has 1 aliphatic rings. The van der Waals surface area contributed by atoms with Gasteiger partial charge in [-0.15, -0.1) is 0 Å². The zero-order valence-corrected chi connectivity index (χ0v) is 12.4. The summed E-state index contributed by atoms with van der Waals surface area (Å²) in [4.78, 5) is 0. The van der Waals surface area contributed by atoms with E-state index in [0.717, 1.165) is 12.2 Å². The molecule has 2 atom stereocenters. The molecule has 0 spiro atoms. The van der Waals surface area contributed by atoms with E-state index in [2.05, 4.69) is 78.9 Å². The van der Waals surface area contributed by atoms with Gasteiger partial charge in [0.1, 0.15) is 11.9 Å². The van der Waals surface area contributed by atoms with Crippen molar-refractivity contribution in [1.29, 1.82) is 0 Å². The molecule has 3 aromatic rings. The number of ether oxygens (including phenoxy) is 1. The molecule has 0 saturated carbocycles. The van der Waals surface area contributed by atoms with Gasteiger partial charge in [0.15, 0.2) is 0 Å². The van der Waals surface area contributed by atoms with Crippen LogP contribution in [0.15, 0.2) is 84.9 Å². The Morgan fingerprint density at radius 3 is 1.95 bits per heavy atom. The summed E-state index contributed by atoms with van der Waals surface area (Å²) in [5.41, 5.74) is 3.90. The average molecular weight is 286 g/mol.